The van der Waals surface area contributed by atoms with E-state index in [1.807, 2.05) is 37.3 Å². The van der Waals surface area contributed by atoms with E-state index in [9.17, 15) is 4.79 Å². The van der Waals surface area contributed by atoms with E-state index < -0.39 is 0 Å². The Kier molecular flexibility index (Phi) is 3.94. The van der Waals surface area contributed by atoms with Crippen LogP contribution in [-0.4, -0.2) is 40.4 Å². The van der Waals surface area contributed by atoms with E-state index in [2.05, 4.69) is 30.5 Å². The van der Waals surface area contributed by atoms with Crippen LogP contribution in [-0.2, 0) is 0 Å². The van der Waals surface area contributed by atoms with Crippen LogP contribution in [0.25, 0.3) is 11.5 Å². The van der Waals surface area contributed by atoms with E-state index in [1.54, 1.807) is 10.7 Å². The Balaban J connectivity index is 1.58. The summed E-state index contributed by atoms with van der Waals surface area (Å²) in [5.41, 5.74) is 2.09. The standard InChI is InChI=1S/C17H14N8O/c1-12-14(8-21-25(12)13-5-3-2-4-6-13)17(26)23-15-7-16(20-10-19-15)24-11-18-9-22-24/h2-11H,1H3,(H,19,20,23,26). The van der Waals surface area contributed by atoms with Crippen molar-refractivity contribution in [2.75, 3.05) is 5.32 Å². The molecule has 0 bridgehead atoms. The quantitative estimate of drug-likeness (QED) is 0.604. The molecule has 9 nitrogen and oxygen atoms in total. The minimum Gasteiger partial charge on any atom is -0.306 e. The largest absolute Gasteiger partial charge is 0.306 e. The molecular formula is C17H14N8O. The van der Waals surface area contributed by atoms with Gasteiger partial charge in [-0.05, 0) is 19.1 Å². The SMILES string of the molecule is Cc1c(C(=O)Nc2cc(-n3cncn3)ncn2)cnn1-c1ccccc1. The lowest BCUT2D eigenvalue weighted by Crippen LogP contribution is -2.14. The summed E-state index contributed by atoms with van der Waals surface area (Å²) in [7, 11) is 0. The molecule has 0 saturated carbocycles. The molecule has 0 saturated heterocycles. The molecule has 3 aromatic heterocycles. The van der Waals surface area contributed by atoms with E-state index in [0.717, 1.165) is 11.4 Å². The summed E-state index contributed by atoms with van der Waals surface area (Å²) < 4.78 is 3.20. The van der Waals surface area contributed by atoms with E-state index in [-0.39, 0.29) is 5.91 Å². The molecule has 0 aliphatic rings. The van der Waals surface area contributed by atoms with Gasteiger partial charge in [-0.1, -0.05) is 18.2 Å². The Hall–Kier alpha value is -3.88. The van der Waals surface area contributed by atoms with Gasteiger partial charge in [0.05, 0.1) is 23.1 Å². The zero-order chi connectivity index (χ0) is 17.9. The van der Waals surface area contributed by atoms with E-state index in [4.69, 9.17) is 0 Å². The molecule has 9 heteroatoms. The number of rotatable bonds is 4. The second kappa shape index (κ2) is 6.55. The maximum Gasteiger partial charge on any atom is 0.260 e. The molecule has 1 amide bonds. The first-order valence-electron chi connectivity index (χ1n) is 7.81. The van der Waals surface area contributed by atoms with Gasteiger partial charge in [-0.2, -0.15) is 10.2 Å². The first kappa shape index (κ1) is 15.6. The topological polar surface area (TPSA) is 103 Å². The lowest BCUT2D eigenvalue weighted by Gasteiger charge is -2.07. The molecule has 0 atom stereocenters. The number of hydrogen-bond acceptors (Lipinski definition) is 6. The average Bonchev–Trinajstić information content (AvgIpc) is 3.32. The van der Waals surface area contributed by atoms with Crippen molar-refractivity contribution in [2.45, 2.75) is 6.92 Å². The number of nitrogens with one attached hydrogen (secondary N) is 1. The van der Waals surface area contributed by atoms with Crippen LogP contribution in [0.3, 0.4) is 0 Å². The lowest BCUT2D eigenvalue weighted by atomic mass is 10.2. The summed E-state index contributed by atoms with van der Waals surface area (Å²) in [6.45, 7) is 1.84. The van der Waals surface area contributed by atoms with Gasteiger partial charge < -0.3 is 5.32 Å². The van der Waals surface area contributed by atoms with Crippen molar-refractivity contribution in [3.8, 4) is 11.5 Å². The van der Waals surface area contributed by atoms with Crippen molar-refractivity contribution < 1.29 is 4.79 Å². The van der Waals surface area contributed by atoms with Crippen LogP contribution in [0.2, 0.25) is 0 Å². The molecule has 3 heterocycles. The van der Waals surface area contributed by atoms with Gasteiger partial charge in [0, 0.05) is 6.07 Å². The zero-order valence-electron chi connectivity index (χ0n) is 13.8. The third kappa shape index (κ3) is 2.93. The second-order valence-electron chi connectivity index (χ2n) is 5.45. The highest BCUT2D eigenvalue weighted by atomic mass is 16.1. The third-order valence-corrected chi connectivity index (χ3v) is 3.80. The number of para-hydroxylation sites is 1. The molecule has 4 rings (SSSR count). The third-order valence-electron chi connectivity index (χ3n) is 3.80. The van der Waals surface area contributed by atoms with Crippen LogP contribution < -0.4 is 5.32 Å². The average molecular weight is 346 g/mol. The molecule has 0 radical (unpaired) electrons. The summed E-state index contributed by atoms with van der Waals surface area (Å²) in [5, 5.41) is 11.1. The predicted molar refractivity (Wildman–Crippen MR) is 93.2 cm³/mol. The van der Waals surface area contributed by atoms with Gasteiger partial charge in [-0.25, -0.2) is 24.3 Å². The van der Waals surface area contributed by atoms with Crippen LogP contribution in [0.5, 0.6) is 0 Å². The highest BCUT2D eigenvalue weighted by Crippen LogP contribution is 2.16. The van der Waals surface area contributed by atoms with Crippen molar-refractivity contribution in [3.05, 3.63) is 72.8 Å². The molecule has 0 aliphatic carbocycles. The summed E-state index contributed by atoms with van der Waals surface area (Å²) in [4.78, 5) is 24.7. The van der Waals surface area contributed by atoms with Gasteiger partial charge in [-0.15, -0.1) is 0 Å². The van der Waals surface area contributed by atoms with Crippen LogP contribution in [0.4, 0.5) is 5.82 Å². The summed E-state index contributed by atoms with van der Waals surface area (Å²) >= 11 is 0. The number of aromatic nitrogens is 7. The molecular weight excluding hydrogens is 332 g/mol. The van der Waals surface area contributed by atoms with Gasteiger partial charge in [0.15, 0.2) is 5.82 Å². The fourth-order valence-electron chi connectivity index (χ4n) is 2.51. The number of amides is 1. The maximum atomic E-state index is 12.6. The fraction of sp³-hybridized carbons (Fsp3) is 0.0588. The van der Waals surface area contributed by atoms with E-state index in [1.165, 1.54) is 29.9 Å². The van der Waals surface area contributed by atoms with Crippen LogP contribution in [0.1, 0.15) is 16.1 Å². The van der Waals surface area contributed by atoms with E-state index in [0.29, 0.717) is 17.2 Å². The summed E-state index contributed by atoms with van der Waals surface area (Å²) in [5.74, 6) is 0.569. The lowest BCUT2D eigenvalue weighted by molar-refractivity contribution is 0.102. The van der Waals surface area contributed by atoms with E-state index >= 15 is 0 Å². The van der Waals surface area contributed by atoms with Crippen molar-refractivity contribution >= 4 is 11.7 Å². The number of benzene rings is 1. The zero-order valence-corrected chi connectivity index (χ0v) is 13.8. The van der Waals surface area contributed by atoms with Crippen molar-refractivity contribution in [1.82, 2.24) is 34.5 Å². The van der Waals surface area contributed by atoms with Gasteiger partial charge in [0.25, 0.3) is 5.91 Å². The molecule has 128 valence electrons. The molecule has 1 N–H and O–H groups in total. The van der Waals surface area contributed by atoms with Gasteiger partial charge >= 0.3 is 0 Å². The predicted octanol–water partition coefficient (Wildman–Crippen LogP) is 1.80. The molecule has 0 spiro atoms. The second-order valence-corrected chi connectivity index (χ2v) is 5.45. The Labute approximate surface area is 148 Å². The first-order chi connectivity index (χ1) is 12.7. The first-order valence-corrected chi connectivity index (χ1v) is 7.81. The molecule has 4 aromatic rings. The molecule has 0 fully saturated rings. The number of nitrogens with zero attached hydrogens (tertiary/aromatic N) is 7. The van der Waals surface area contributed by atoms with Gasteiger partial charge in [-0.3, -0.25) is 4.79 Å². The minimum absolute atomic E-state index is 0.298. The molecule has 26 heavy (non-hydrogen) atoms. The normalized spacial score (nSPS) is 10.7. The molecule has 0 unspecified atom stereocenters. The van der Waals surface area contributed by atoms with Crippen molar-refractivity contribution in [3.63, 3.8) is 0 Å². The Bertz CT molecular complexity index is 1040. The highest BCUT2D eigenvalue weighted by Gasteiger charge is 2.16. The number of carbonyl (C=O) groups excluding carboxylic acids is 1. The van der Waals surface area contributed by atoms with Crippen LogP contribution in [0.15, 0.2) is 61.6 Å². The maximum absolute atomic E-state index is 12.6. The Morgan fingerprint density at radius 2 is 1.92 bits per heavy atom. The molecule has 1 aromatic carbocycles. The van der Waals surface area contributed by atoms with Crippen molar-refractivity contribution in [2.24, 2.45) is 0 Å². The smallest absolute Gasteiger partial charge is 0.260 e. The minimum atomic E-state index is -0.298. The Morgan fingerprint density at radius 3 is 2.69 bits per heavy atom. The number of carbonyl (C=O) groups is 1. The Morgan fingerprint density at radius 1 is 1.08 bits per heavy atom. The fourth-order valence-corrected chi connectivity index (χ4v) is 2.51. The number of anilines is 1. The monoisotopic (exact) mass is 346 g/mol. The van der Waals surface area contributed by atoms with Gasteiger partial charge in [0.2, 0.25) is 0 Å². The highest BCUT2D eigenvalue weighted by molar-refractivity contribution is 6.04. The van der Waals surface area contributed by atoms with Gasteiger partial charge in [0.1, 0.15) is 24.8 Å². The summed E-state index contributed by atoms with van der Waals surface area (Å²) in [6.07, 6.45) is 5.81. The summed E-state index contributed by atoms with van der Waals surface area (Å²) in [6, 6.07) is 11.2. The number of hydrogen-bond donors (Lipinski definition) is 1. The van der Waals surface area contributed by atoms with Crippen LogP contribution in [0, 0.1) is 6.92 Å². The van der Waals surface area contributed by atoms with Crippen LogP contribution >= 0.6 is 0 Å². The molecule has 0 aliphatic heterocycles. The van der Waals surface area contributed by atoms with Crippen molar-refractivity contribution in [1.29, 1.82) is 0 Å².